The van der Waals surface area contributed by atoms with E-state index >= 15 is 0 Å². The fourth-order valence-corrected chi connectivity index (χ4v) is 2.17. The van der Waals surface area contributed by atoms with Crippen LogP contribution in [0, 0.1) is 5.92 Å². The standard InChI is InChI=1S/C11H12ClNO4/c12-9-8(3-5-17-9)10(14)13-4-1-2-7(6-13)11(15)16/h3,5,7H,1-2,4,6H2,(H,15,16). The van der Waals surface area contributed by atoms with E-state index in [1.807, 2.05) is 0 Å². The highest BCUT2D eigenvalue weighted by molar-refractivity contribution is 6.32. The molecular weight excluding hydrogens is 246 g/mol. The second kappa shape index (κ2) is 4.79. The minimum atomic E-state index is -0.860. The molecule has 0 bridgehead atoms. The molecule has 1 N–H and O–H groups in total. The maximum atomic E-state index is 12.0. The Morgan fingerprint density at radius 1 is 1.53 bits per heavy atom. The number of likely N-dealkylation sites (tertiary alicyclic amines) is 1. The molecular formula is C11H12ClNO4. The van der Waals surface area contributed by atoms with Gasteiger partial charge in [0.05, 0.1) is 17.7 Å². The van der Waals surface area contributed by atoms with Crippen LogP contribution in [0.3, 0.4) is 0 Å². The maximum Gasteiger partial charge on any atom is 0.308 e. The molecule has 2 rings (SSSR count). The summed E-state index contributed by atoms with van der Waals surface area (Å²) in [5, 5.41) is 8.99. The smallest absolute Gasteiger partial charge is 0.308 e. The number of piperidine rings is 1. The van der Waals surface area contributed by atoms with Gasteiger partial charge < -0.3 is 14.4 Å². The first kappa shape index (κ1) is 12.0. The van der Waals surface area contributed by atoms with Crippen molar-refractivity contribution in [3.8, 4) is 0 Å². The van der Waals surface area contributed by atoms with Crippen molar-refractivity contribution in [3.63, 3.8) is 0 Å². The minimum absolute atomic E-state index is 0.0486. The van der Waals surface area contributed by atoms with Crippen molar-refractivity contribution < 1.29 is 19.1 Å². The number of rotatable bonds is 2. The van der Waals surface area contributed by atoms with E-state index < -0.39 is 11.9 Å². The predicted molar refractivity (Wildman–Crippen MR) is 60.0 cm³/mol. The Morgan fingerprint density at radius 3 is 2.88 bits per heavy atom. The van der Waals surface area contributed by atoms with Crippen molar-refractivity contribution in [1.82, 2.24) is 4.90 Å². The average molecular weight is 258 g/mol. The van der Waals surface area contributed by atoms with Gasteiger partial charge in [0.25, 0.3) is 5.91 Å². The number of carboxylic acids is 1. The van der Waals surface area contributed by atoms with Crippen LogP contribution in [-0.2, 0) is 4.79 Å². The van der Waals surface area contributed by atoms with Crippen LogP contribution in [0.4, 0.5) is 0 Å². The fourth-order valence-electron chi connectivity index (χ4n) is 1.98. The highest BCUT2D eigenvalue weighted by Crippen LogP contribution is 2.23. The SMILES string of the molecule is O=C(O)C1CCCN(C(=O)c2ccoc2Cl)C1. The first-order chi connectivity index (χ1) is 8.09. The summed E-state index contributed by atoms with van der Waals surface area (Å²) >= 11 is 5.72. The van der Waals surface area contributed by atoms with E-state index in [0.29, 0.717) is 19.4 Å². The van der Waals surface area contributed by atoms with Gasteiger partial charge in [0.1, 0.15) is 0 Å². The normalized spacial score (nSPS) is 20.3. The third-order valence-corrected chi connectivity index (χ3v) is 3.20. The Balaban J connectivity index is 2.10. The van der Waals surface area contributed by atoms with E-state index in [9.17, 15) is 9.59 Å². The van der Waals surface area contributed by atoms with Crippen LogP contribution in [0.15, 0.2) is 16.7 Å². The number of carbonyl (C=O) groups excluding carboxylic acids is 1. The van der Waals surface area contributed by atoms with Gasteiger partial charge in [0.2, 0.25) is 5.22 Å². The second-order valence-electron chi connectivity index (χ2n) is 4.04. The zero-order valence-electron chi connectivity index (χ0n) is 9.06. The Bertz CT molecular complexity index is 442. The van der Waals surface area contributed by atoms with Gasteiger partial charge in [0, 0.05) is 13.1 Å². The first-order valence-corrected chi connectivity index (χ1v) is 5.72. The molecule has 1 fully saturated rings. The molecule has 1 amide bonds. The zero-order chi connectivity index (χ0) is 12.4. The number of halogens is 1. The van der Waals surface area contributed by atoms with Crippen molar-refractivity contribution in [3.05, 3.63) is 23.1 Å². The molecule has 0 radical (unpaired) electrons. The van der Waals surface area contributed by atoms with Gasteiger partial charge in [-0.05, 0) is 30.5 Å². The second-order valence-corrected chi connectivity index (χ2v) is 4.38. The average Bonchev–Trinajstić information content (AvgIpc) is 2.74. The largest absolute Gasteiger partial charge is 0.481 e. The molecule has 0 spiro atoms. The number of carbonyl (C=O) groups is 2. The van der Waals surface area contributed by atoms with Crippen LogP contribution in [-0.4, -0.2) is 35.0 Å². The molecule has 2 heterocycles. The van der Waals surface area contributed by atoms with Crippen molar-refractivity contribution in [2.24, 2.45) is 5.92 Å². The molecule has 1 aliphatic heterocycles. The van der Waals surface area contributed by atoms with E-state index in [4.69, 9.17) is 21.1 Å². The number of carboxylic acid groups (broad SMARTS) is 1. The molecule has 92 valence electrons. The highest BCUT2D eigenvalue weighted by atomic mass is 35.5. The molecule has 1 aliphatic rings. The summed E-state index contributed by atoms with van der Waals surface area (Å²) in [6.45, 7) is 0.791. The lowest BCUT2D eigenvalue weighted by Gasteiger charge is -2.30. The summed E-state index contributed by atoms with van der Waals surface area (Å²) in [4.78, 5) is 24.4. The molecule has 0 aliphatic carbocycles. The zero-order valence-corrected chi connectivity index (χ0v) is 9.81. The maximum absolute atomic E-state index is 12.0. The molecule has 1 saturated heterocycles. The summed E-state index contributed by atoms with van der Waals surface area (Å²) in [6.07, 6.45) is 2.64. The topological polar surface area (TPSA) is 70.8 Å². The molecule has 1 aromatic heterocycles. The quantitative estimate of drug-likeness (QED) is 0.878. The summed E-state index contributed by atoms with van der Waals surface area (Å²) in [6, 6.07) is 1.50. The molecule has 1 unspecified atom stereocenters. The fraction of sp³-hybridized carbons (Fsp3) is 0.455. The lowest BCUT2D eigenvalue weighted by molar-refractivity contribution is -0.143. The molecule has 6 heteroatoms. The van der Waals surface area contributed by atoms with E-state index in [2.05, 4.69) is 0 Å². The minimum Gasteiger partial charge on any atom is -0.481 e. The number of amides is 1. The van der Waals surface area contributed by atoms with Crippen molar-refractivity contribution >= 4 is 23.5 Å². The van der Waals surface area contributed by atoms with Gasteiger partial charge in [-0.2, -0.15) is 0 Å². The van der Waals surface area contributed by atoms with Gasteiger partial charge in [0.15, 0.2) is 0 Å². The molecule has 0 aromatic carbocycles. The summed E-state index contributed by atoms with van der Waals surface area (Å²) in [7, 11) is 0. The van der Waals surface area contributed by atoms with E-state index in [1.165, 1.54) is 17.2 Å². The molecule has 5 nitrogen and oxygen atoms in total. The van der Waals surface area contributed by atoms with Crippen LogP contribution >= 0.6 is 11.6 Å². The monoisotopic (exact) mass is 257 g/mol. The molecule has 17 heavy (non-hydrogen) atoms. The number of nitrogens with zero attached hydrogens (tertiary/aromatic N) is 1. The predicted octanol–water partition coefficient (Wildman–Crippen LogP) is 1.87. The summed E-state index contributed by atoms with van der Waals surface area (Å²) in [5.74, 6) is -1.62. The number of hydrogen-bond donors (Lipinski definition) is 1. The Kier molecular flexibility index (Phi) is 3.38. The van der Waals surface area contributed by atoms with Crippen LogP contribution in [0.2, 0.25) is 5.22 Å². The molecule has 0 saturated carbocycles. The van der Waals surface area contributed by atoms with Gasteiger partial charge in [-0.1, -0.05) is 0 Å². The van der Waals surface area contributed by atoms with Crippen molar-refractivity contribution in [2.75, 3.05) is 13.1 Å². The van der Waals surface area contributed by atoms with Crippen LogP contribution in [0.5, 0.6) is 0 Å². The van der Waals surface area contributed by atoms with Gasteiger partial charge in [-0.25, -0.2) is 0 Å². The molecule has 1 aromatic rings. The summed E-state index contributed by atoms with van der Waals surface area (Å²) < 4.78 is 4.85. The van der Waals surface area contributed by atoms with E-state index in [-0.39, 0.29) is 23.2 Å². The Morgan fingerprint density at radius 2 is 2.29 bits per heavy atom. The van der Waals surface area contributed by atoms with Gasteiger partial charge >= 0.3 is 5.97 Å². The Hall–Kier alpha value is -1.49. The lowest BCUT2D eigenvalue weighted by Crippen LogP contribution is -2.42. The number of furan rings is 1. The van der Waals surface area contributed by atoms with E-state index in [1.54, 1.807) is 0 Å². The third kappa shape index (κ3) is 2.44. The summed E-state index contributed by atoms with van der Waals surface area (Å²) in [5.41, 5.74) is 0.290. The number of hydrogen-bond acceptors (Lipinski definition) is 3. The van der Waals surface area contributed by atoms with Crippen LogP contribution < -0.4 is 0 Å². The molecule has 1 atom stereocenters. The van der Waals surface area contributed by atoms with E-state index in [0.717, 1.165) is 0 Å². The van der Waals surface area contributed by atoms with Crippen LogP contribution in [0.1, 0.15) is 23.2 Å². The third-order valence-electron chi connectivity index (χ3n) is 2.91. The van der Waals surface area contributed by atoms with Crippen molar-refractivity contribution in [2.45, 2.75) is 12.8 Å². The van der Waals surface area contributed by atoms with Crippen LogP contribution in [0.25, 0.3) is 0 Å². The lowest BCUT2D eigenvalue weighted by atomic mass is 9.98. The first-order valence-electron chi connectivity index (χ1n) is 5.34. The number of aliphatic carboxylic acids is 1. The van der Waals surface area contributed by atoms with Gasteiger partial charge in [-0.3, -0.25) is 9.59 Å². The van der Waals surface area contributed by atoms with Gasteiger partial charge in [-0.15, -0.1) is 0 Å². The highest BCUT2D eigenvalue weighted by Gasteiger charge is 2.29. The Labute approximate surface area is 103 Å². The van der Waals surface area contributed by atoms with Crippen molar-refractivity contribution in [1.29, 1.82) is 0 Å².